The van der Waals surface area contributed by atoms with Crippen LogP contribution in [0.2, 0.25) is 0 Å². The molecular weight excluding hydrogens is 224 g/mol. The molecule has 0 saturated heterocycles. The monoisotopic (exact) mass is 240 g/mol. The minimum absolute atomic E-state index is 0.0759. The smallest absolute Gasteiger partial charge is 0.406 e. The van der Waals surface area contributed by atoms with E-state index in [1.807, 2.05) is 0 Å². The zero-order chi connectivity index (χ0) is 12.7. The quantitative estimate of drug-likeness (QED) is 0.832. The standard InChI is InChI=1S/C11H16N2O4/c1-9(14)13(6-5-12-11(15)16-2)8-10-4-3-7-17-10/h3-4,7H,5-6,8H2,1-2H3,(H,12,15). The van der Waals surface area contributed by atoms with Gasteiger partial charge in [-0.15, -0.1) is 0 Å². The van der Waals surface area contributed by atoms with E-state index in [1.165, 1.54) is 14.0 Å². The lowest BCUT2D eigenvalue weighted by atomic mass is 10.4. The molecule has 0 saturated carbocycles. The SMILES string of the molecule is COC(=O)NCCN(Cc1ccco1)C(C)=O. The van der Waals surface area contributed by atoms with Gasteiger partial charge < -0.3 is 19.4 Å². The molecule has 0 atom stereocenters. The predicted octanol–water partition coefficient (Wildman–Crippen LogP) is 0.984. The zero-order valence-electron chi connectivity index (χ0n) is 9.93. The fraction of sp³-hybridized carbons (Fsp3) is 0.455. The van der Waals surface area contributed by atoms with Crippen LogP contribution < -0.4 is 5.32 Å². The Morgan fingerprint density at radius 3 is 2.82 bits per heavy atom. The number of furan rings is 1. The van der Waals surface area contributed by atoms with Gasteiger partial charge in [0, 0.05) is 20.0 Å². The lowest BCUT2D eigenvalue weighted by molar-refractivity contribution is -0.129. The summed E-state index contributed by atoms with van der Waals surface area (Å²) in [4.78, 5) is 23.8. The summed E-state index contributed by atoms with van der Waals surface area (Å²) in [5, 5.41) is 2.51. The molecule has 0 aliphatic heterocycles. The van der Waals surface area contributed by atoms with E-state index in [-0.39, 0.29) is 5.91 Å². The van der Waals surface area contributed by atoms with E-state index in [0.29, 0.717) is 25.4 Å². The summed E-state index contributed by atoms with van der Waals surface area (Å²) >= 11 is 0. The third-order valence-electron chi connectivity index (χ3n) is 2.21. The molecule has 0 radical (unpaired) electrons. The van der Waals surface area contributed by atoms with E-state index in [0.717, 1.165) is 0 Å². The average Bonchev–Trinajstić information content (AvgIpc) is 2.80. The van der Waals surface area contributed by atoms with E-state index in [1.54, 1.807) is 23.3 Å². The van der Waals surface area contributed by atoms with Gasteiger partial charge in [0.1, 0.15) is 5.76 Å². The van der Waals surface area contributed by atoms with Crippen LogP contribution in [0.3, 0.4) is 0 Å². The van der Waals surface area contributed by atoms with Gasteiger partial charge in [-0.05, 0) is 12.1 Å². The highest BCUT2D eigenvalue weighted by Gasteiger charge is 2.11. The van der Waals surface area contributed by atoms with Gasteiger partial charge in [-0.1, -0.05) is 0 Å². The lowest BCUT2D eigenvalue weighted by Gasteiger charge is -2.19. The van der Waals surface area contributed by atoms with Gasteiger partial charge in [0.25, 0.3) is 0 Å². The molecule has 0 unspecified atom stereocenters. The van der Waals surface area contributed by atoms with Gasteiger partial charge >= 0.3 is 6.09 Å². The first kappa shape index (κ1) is 13.1. The fourth-order valence-corrected chi connectivity index (χ4v) is 1.30. The Morgan fingerprint density at radius 1 is 1.53 bits per heavy atom. The highest BCUT2D eigenvalue weighted by atomic mass is 16.5. The molecule has 0 fully saturated rings. The lowest BCUT2D eigenvalue weighted by Crippen LogP contribution is -2.37. The third kappa shape index (κ3) is 4.58. The minimum atomic E-state index is -0.508. The second-order valence-corrected chi connectivity index (χ2v) is 3.44. The van der Waals surface area contributed by atoms with Crippen molar-refractivity contribution in [3.8, 4) is 0 Å². The molecule has 0 bridgehead atoms. The van der Waals surface area contributed by atoms with Crippen LogP contribution in [0.15, 0.2) is 22.8 Å². The van der Waals surface area contributed by atoms with Crippen LogP contribution in [0.25, 0.3) is 0 Å². The Labute approximate surface area is 99.5 Å². The van der Waals surface area contributed by atoms with Gasteiger partial charge in [-0.3, -0.25) is 4.79 Å². The van der Waals surface area contributed by atoms with Crippen LogP contribution in [0, 0.1) is 0 Å². The Hall–Kier alpha value is -1.98. The van der Waals surface area contributed by atoms with Crippen LogP contribution in [-0.4, -0.2) is 37.1 Å². The number of methoxy groups -OCH3 is 1. The number of hydrogen-bond acceptors (Lipinski definition) is 4. The Kier molecular flexibility index (Phi) is 5.06. The number of hydrogen-bond donors (Lipinski definition) is 1. The first-order valence-electron chi connectivity index (χ1n) is 5.23. The summed E-state index contributed by atoms with van der Waals surface area (Å²) < 4.78 is 9.58. The number of carbonyl (C=O) groups excluding carboxylic acids is 2. The second kappa shape index (κ2) is 6.57. The minimum Gasteiger partial charge on any atom is -0.467 e. The van der Waals surface area contributed by atoms with Crippen molar-refractivity contribution in [3.63, 3.8) is 0 Å². The zero-order valence-corrected chi connectivity index (χ0v) is 9.93. The van der Waals surface area contributed by atoms with Crippen molar-refractivity contribution in [2.24, 2.45) is 0 Å². The molecule has 94 valence electrons. The number of rotatable bonds is 5. The topological polar surface area (TPSA) is 71.8 Å². The van der Waals surface area contributed by atoms with E-state index < -0.39 is 6.09 Å². The summed E-state index contributed by atoms with van der Waals surface area (Å²) in [5.41, 5.74) is 0. The van der Waals surface area contributed by atoms with Gasteiger partial charge in [-0.25, -0.2) is 4.79 Å². The number of amides is 2. The number of ether oxygens (including phenoxy) is 1. The van der Waals surface area contributed by atoms with Crippen molar-refractivity contribution in [2.75, 3.05) is 20.2 Å². The van der Waals surface area contributed by atoms with Crippen LogP contribution in [0.1, 0.15) is 12.7 Å². The number of nitrogens with zero attached hydrogens (tertiary/aromatic N) is 1. The van der Waals surface area contributed by atoms with Crippen LogP contribution in [0.4, 0.5) is 4.79 Å². The van der Waals surface area contributed by atoms with Crippen molar-refractivity contribution in [1.29, 1.82) is 0 Å². The molecule has 1 aromatic rings. The average molecular weight is 240 g/mol. The van der Waals surface area contributed by atoms with Crippen molar-refractivity contribution in [2.45, 2.75) is 13.5 Å². The van der Waals surface area contributed by atoms with Crippen molar-refractivity contribution in [1.82, 2.24) is 10.2 Å². The maximum atomic E-state index is 11.4. The number of alkyl carbamates (subject to hydrolysis) is 1. The highest BCUT2D eigenvalue weighted by Crippen LogP contribution is 2.05. The van der Waals surface area contributed by atoms with E-state index >= 15 is 0 Å². The second-order valence-electron chi connectivity index (χ2n) is 3.44. The van der Waals surface area contributed by atoms with Crippen molar-refractivity contribution < 1.29 is 18.7 Å². The fourth-order valence-electron chi connectivity index (χ4n) is 1.30. The third-order valence-corrected chi connectivity index (χ3v) is 2.21. The maximum absolute atomic E-state index is 11.4. The molecule has 1 N–H and O–H groups in total. The van der Waals surface area contributed by atoms with E-state index in [2.05, 4.69) is 10.1 Å². The van der Waals surface area contributed by atoms with Gasteiger partial charge in [0.15, 0.2) is 0 Å². The summed E-state index contributed by atoms with van der Waals surface area (Å²) in [6.45, 7) is 2.62. The molecule has 0 aliphatic rings. The molecule has 0 aromatic carbocycles. The van der Waals surface area contributed by atoms with E-state index in [4.69, 9.17) is 4.42 Å². The molecule has 1 rings (SSSR count). The number of carbonyl (C=O) groups is 2. The Balaban J connectivity index is 2.39. The number of nitrogens with one attached hydrogen (secondary N) is 1. The molecule has 0 aliphatic carbocycles. The van der Waals surface area contributed by atoms with Gasteiger partial charge in [0.2, 0.25) is 5.91 Å². The molecule has 1 aromatic heterocycles. The molecule has 1 heterocycles. The van der Waals surface area contributed by atoms with Gasteiger partial charge in [-0.2, -0.15) is 0 Å². The molecule has 2 amide bonds. The molecule has 0 spiro atoms. The van der Waals surface area contributed by atoms with Gasteiger partial charge in [0.05, 0.1) is 19.9 Å². The Morgan fingerprint density at radius 2 is 2.29 bits per heavy atom. The summed E-state index contributed by atoms with van der Waals surface area (Å²) in [5.74, 6) is 0.631. The van der Waals surface area contributed by atoms with Crippen LogP contribution >= 0.6 is 0 Å². The Bertz CT molecular complexity index is 362. The molecular formula is C11H16N2O4. The van der Waals surface area contributed by atoms with Crippen LogP contribution in [0.5, 0.6) is 0 Å². The van der Waals surface area contributed by atoms with E-state index in [9.17, 15) is 9.59 Å². The predicted molar refractivity (Wildman–Crippen MR) is 60.2 cm³/mol. The highest BCUT2D eigenvalue weighted by molar-refractivity contribution is 5.73. The largest absolute Gasteiger partial charge is 0.467 e. The maximum Gasteiger partial charge on any atom is 0.406 e. The normalized spacial score (nSPS) is 9.76. The molecule has 6 nitrogen and oxygen atoms in total. The summed E-state index contributed by atoms with van der Waals surface area (Å²) in [6.07, 6.45) is 1.05. The molecule has 6 heteroatoms. The van der Waals surface area contributed by atoms with Crippen LogP contribution in [-0.2, 0) is 16.1 Å². The molecule has 17 heavy (non-hydrogen) atoms. The van der Waals surface area contributed by atoms with Crippen molar-refractivity contribution >= 4 is 12.0 Å². The summed E-state index contributed by atoms with van der Waals surface area (Å²) in [6, 6.07) is 3.56. The van der Waals surface area contributed by atoms with Crippen molar-refractivity contribution in [3.05, 3.63) is 24.2 Å². The summed E-state index contributed by atoms with van der Waals surface area (Å²) in [7, 11) is 1.29. The first-order chi connectivity index (χ1) is 8.13. The first-order valence-corrected chi connectivity index (χ1v) is 5.23.